The fourth-order valence-electron chi connectivity index (χ4n) is 1.68. The minimum atomic E-state index is -3.66. The Kier molecular flexibility index (Phi) is 4.45. The van der Waals surface area contributed by atoms with E-state index in [9.17, 15) is 8.42 Å². The first-order valence-electron chi connectivity index (χ1n) is 5.96. The number of sulfonamides is 1. The van der Waals surface area contributed by atoms with Crippen LogP contribution in [0.25, 0.3) is 0 Å². The number of aryl methyl sites for hydroxylation is 1. The zero-order valence-electron chi connectivity index (χ0n) is 10.6. The molecular weight excluding hydrogens is 278 g/mol. The molecule has 0 amide bonds. The van der Waals surface area contributed by atoms with Crippen molar-refractivity contribution in [1.82, 2.24) is 19.9 Å². The van der Waals surface area contributed by atoms with Gasteiger partial charge in [-0.15, -0.1) is 0 Å². The Hall–Kier alpha value is -2.24. The van der Waals surface area contributed by atoms with Crippen molar-refractivity contribution in [3.8, 4) is 6.07 Å². The molecule has 8 heteroatoms. The molecule has 0 fully saturated rings. The third kappa shape index (κ3) is 3.40. The Morgan fingerprint density at radius 3 is 2.85 bits per heavy atom. The highest BCUT2D eigenvalue weighted by atomic mass is 32.2. The Bertz CT molecular complexity index is 704. The maximum Gasteiger partial charge on any atom is 0.241 e. The number of nitrogens with one attached hydrogen (secondary N) is 2. The van der Waals surface area contributed by atoms with Crippen molar-refractivity contribution in [2.45, 2.75) is 17.7 Å². The molecule has 20 heavy (non-hydrogen) atoms. The molecule has 0 unspecified atom stereocenters. The number of aromatic amines is 1. The van der Waals surface area contributed by atoms with Crippen molar-refractivity contribution in [3.05, 3.63) is 42.0 Å². The van der Waals surface area contributed by atoms with Crippen LogP contribution in [0.15, 0.2) is 35.5 Å². The number of hydrogen-bond acceptors (Lipinski definition) is 5. The van der Waals surface area contributed by atoms with Crippen LogP contribution < -0.4 is 4.72 Å². The third-order valence-corrected chi connectivity index (χ3v) is 4.16. The summed E-state index contributed by atoms with van der Waals surface area (Å²) in [4.78, 5) is 3.95. The molecule has 0 radical (unpaired) electrons. The Balaban J connectivity index is 1.96. The number of rotatable bonds is 6. The SMILES string of the molecule is N#Cc1ccccc1S(=O)(=O)NCCCc1ncn[nH]1. The molecule has 7 nitrogen and oxygen atoms in total. The molecule has 0 bridgehead atoms. The minimum absolute atomic E-state index is 0.00200. The summed E-state index contributed by atoms with van der Waals surface area (Å²) in [5, 5.41) is 15.3. The van der Waals surface area contributed by atoms with E-state index in [1.807, 2.05) is 6.07 Å². The molecule has 2 aromatic rings. The second kappa shape index (κ2) is 6.27. The van der Waals surface area contributed by atoms with Crippen LogP contribution in [0.3, 0.4) is 0 Å². The van der Waals surface area contributed by atoms with Crippen molar-refractivity contribution in [3.63, 3.8) is 0 Å². The lowest BCUT2D eigenvalue weighted by atomic mass is 10.2. The lowest BCUT2D eigenvalue weighted by Crippen LogP contribution is -2.26. The number of nitrogens with zero attached hydrogens (tertiary/aromatic N) is 3. The van der Waals surface area contributed by atoms with Gasteiger partial charge in [0.05, 0.1) is 10.5 Å². The monoisotopic (exact) mass is 291 g/mol. The van der Waals surface area contributed by atoms with Crippen LogP contribution in [0, 0.1) is 11.3 Å². The molecule has 2 rings (SSSR count). The molecule has 0 spiro atoms. The van der Waals surface area contributed by atoms with Gasteiger partial charge in [-0.3, -0.25) is 5.10 Å². The zero-order chi connectivity index (χ0) is 14.4. The topological polar surface area (TPSA) is 112 Å². The van der Waals surface area contributed by atoms with E-state index in [0.717, 1.165) is 0 Å². The van der Waals surface area contributed by atoms with E-state index in [1.165, 1.54) is 18.5 Å². The Morgan fingerprint density at radius 1 is 1.35 bits per heavy atom. The molecule has 2 N–H and O–H groups in total. The quantitative estimate of drug-likeness (QED) is 0.756. The summed E-state index contributed by atoms with van der Waals surface area (Å²) in [6, 6.07) is 7.98. The van der Waals surface area contributed by atoms with Gasteiger partial charge in [0.15, 0.2) is 0 Å². The van der Waals surface area contributed by atoms with Gasteiger partial charge >= 0.3 is 0 Å². The molecule has 1 aromatic heterocycles. The van der Waals surface area contributed by atoms with Crippen molar-refractivity contribution in [2.75, 3.05) is 6.54 Å². The molecule has 1 aromatic carbocycles. The summed E-state index contributed by atoms with van der Waals surface area (Å²) in [5.41, 5.74) is 0.134. The summed E-state index contributed by atoms with van der Waals surface area (Å²) in [5.74, 6) is 0.710. The van der Waals surface area contributed by atoms with Crippen LogP contribution in [0.1, 0.15) is 17.8 Å². The number of aromatic nitrogens is 3. The number of nitriles is 1. The fourth-order valence-corrected chi connectivity index (χ4v) is 2.91. The van der Waals surface area contributed by atoms with E-state index in [2.05, 4.69) is 19.9 Å². The highest BCUT2D eigenvalue weighted by Gasteiger charge is 2.17. The van der Waals surface area contributed by atoms with Gasteiger partial charge in [-0.1, -0.05) is 12.1 Å². The van der Waals surface area contributed by atoms with E-state index in [-0.39, 0.29) is 17.0 Å². The highest BCUT2D eigenvalue weighted by Crippen LogP contribution is 2.13. The van der Waals surface area contributed by atoms with Gasteiger partial charge in [-0.2, -0.15) is 10.4 Å². The van der Waals surface area contributed by atoms with Gasteiger partial charge in [0.1, 0.15) is 18.2 Å². The smallest absolute Gasteiger partial charge is 0.241 e. The van der Waals surface area contributed by atoms with Crippen molar-refractivity contribution in [1.29, 1.82) is 5.26 Å². The first kappa shape index (κ1) is 14.2. The van der Waals surface area contributed by atoms with Gasteiger partial charge in [0.25, 0.3) is 0 Å². The predicted octanol–water partition coefficient (Wildman–Crippen LogP) is 0.587. The van der Waals surface area contributed by atoms with Crippen LogP contribution in [0.4, 0.5) is 0 Å². The van der Waals surface area contributed by atoms with Gasteiger partial charge in [-0.25, -0.2) is 18.1 Å². The molecule has 0 aliphatic rings. The normalized spacial score (nSPS) is 11.2. The van der Waals surface area contributed by atoms with Crippen LogP contribution in [0.2, 0.25) is 0 Å². The van der Waals surface area contributed by atoms with E-state index >= 15 is 0 Å². The molecule has 1 heterocycles. The van der Waals surface area contributed by atoms with Gasteiger partial charge in [0.2, 0.25) is 10.0 Å². The van der Waals surface area contributed by atoms with Crippen molar-refractivity contribution in [2.24, 2.45) is 0 Å². The van der Waals surface area contributed by atoms with Gasteiger partial charge in [-0.05, 0) is 18.6 Å². The van der Waals surface area contributed by atoms with E-state index in [4.69, 9.17) is 5.26 Å². The molecule has 0 saturated heterocycles. The van der Waals surface area contributed by atoms with Crippen LogP contribution in [0.5, 0.6) is 0 Å². The van der Waals surface area contributed by atoms with Crippen LogP contribution >= 0.6 is 0 Å². The summed E-state index contributed by atoms with van der Waals surface area (Å²) >= 11 is 0. The lowest BCUT2D eigenvalue weighted by Gasteiger charge is -2.07. The third-order valence-electron chi connectivity index (χ3n) is 2.64. The summed E-state index contributed by atoms with van der Waals surface area (Å²) in [6.07, 6.45) is 2.59. The average Bonchev–Trinajstić information content (AvgIpc) is 2.97. The minimum Gasteiger partial charge on any atom is -0.263 e. The van der Waals surface area contributed by atoms with Crippen molar-refractivity contribution < 1.29 is 8.42 Å². The molecule has 0 aliphatic carbocycles. The van der Waals surface area contributed by atoms with Gasteiger partial charge < -0.3 is 0 Å². The fraction of sp³-hybridized carbons (Fsp3) is 0.250. The summed E-state index contributed by atoms with van der Waals surface area (Å²) in [6.45, 7) is 0.267. The predicted molar refractivity (Wildman–Crippen MR) is 71.0 cm³/mol. The summed E-state index contributed by atoms with van der Waals surface area (Å²) in [7, 11) is -3.66. The zero-order valence-corrected chi connectivity index (χ0v) is 11.4. The maximum absolute atomic E-state index is 12.1. The van der Waals surface area contributed by atoms with Crippen LogP contribution in [-0.2, 0) is 16.4 Å². The first-order chi connectivity index (χ1) is 9.63. The summed E-state index contributed by atoms with van der Waals surface area (Å²) < 4.78 is 26.6. The van der Waals surface area contributed by atoms with Crippen molar-refractivity contribution >= 4 is 10.0 Å². The number of benzene rings is 1. The van der Waals surface area contributed by atoms with Crippen LogP contribution in [-0.4, -0.2) is 30.1 Å². The average molecular weight is 291 g/mol. The van der Waals surface area contributed by atoms with E-state index in [0.29, 0.717) is 18.7 Å². The molecule has 0 aliphatic heterocycles. The largest absolute Gasteiger partial charge is 0.263 e. The number of H-pyrrole nitrogens is 1. The molecule has 104 valence electrons. The number of hydrogen-bond donors (Lipinski definition) is 2. The Morgan fingerprint density at radius 2 is 2.15 bits per heavy atom. The molecule has 0 atom stereocenters. The maximum atomic E-state index is 12.1. The molecule has 0 saturated carbocycles. The van der Waals surface area contributed by atoms with E-state index in [1.54, 1.807) is 12.1 Å². The Labute approximate surface area is 116 Å². The molecular formula is C12H13N5O2S. The first-order valence-corrected chi connectivity index (χ1v) is 7.45. The van der Waals surface area contributed by atoms with Gasteiger partial charge in [0, 0.05) is 13.0 Å². The highest BCUT2D eigenvalue weighted by molar-refractivity contribution is 7.89. The lowest BCUT2D eigenvalue weighted by molar-refractivity contribution is 0.578. The second-order valence-electron chi connectivity index (χ2n) is 4.04. The standard InChI is InChI=1S/C12H13N5O2S/c13-8-10-4-1-2-5-11(10)20(18,19)16-7-3-6-12-14-9-15-17-12/h1-2,4-5,9,16H,3,6-7H2,(H,14,15,17). The van der Waals surface area contributed by atoms with E-state index < -0.39 is 10.0 Å². The second-order valence-corrected chi connectivity index (χ2v) is 5.78.